The first-order chi connectivity index (χ1) is 25.2. The first-order valence-electron chi connectivity index (χ1n) is 19.8. The van der Waals surface area contributed by atoms with Gasteiger partial charge in [-0.25, -0.2) is 9.97 Å². The normalized spacial score (nSPS) is 30.3. The molecule has 8 aliphatic rings. The van der Waals surface area contributed by atoms with Gasteiger partial charge in [-0.1, -0.05) is 60.7 Å². The predicted molar refractivity (Wildman–Crippen MR) is 207 cm³/mol. The molecule has 5 nitrogen and oxygen atoms in total. The highest BCUT2D eigenvalue weighted by molar-refractivity contribution is 6.10. The minimum absolute atomic E-state index is 0.682. The molecule has 0 spiro atoms. The van der Waals surface area contributed by atoms with Gasteiger partial charge >= 0.3 is 0 Å². The van der Waals surface area contributed by atoms with E-state index >= 15 is 0 Å². The van der Waals surface area contributed by atoms with Gasteiger partial charge in [-0.3, -0.25) is 4.57 Å². The highest BCUT2D eigenvalue weighted by Gasteiger charge is 2.48. The maximum absolute atomic E-state index is 5.44. The van der Waals surface area contributed by atoms with Crippen LogP contribution in [0.15, 0.2) is 103 Å². The second-order valence-corrected chi connectivity index (χ2v) is 17.2. The van der Waals surface area contributed by atoms with E-state index in [0.717, 1.165) is 52.1 Å². The summed E-state index contributed by atoms with van der Waals surface area (Å²) in [7, 11) is 0. The van der Waals surface area contributed by atoms with E-state index in [4.69, 9.17) is 9.97 Å². The Morgan fingerprint density at radius 2 is 1.00 bits per heavy atom. The minimum Gasteiger partial charge on any atom is -0.366 e. The van der Waals surface area contributed by atoms with E-state index in [1.807, 2.05) is 0 Å². The van der Waals surface area contributed by atoms with E-state index in [-0.39, 0.29) is 0 Å². The third-order valence-corrected chi connectivity index (χ3v) is 14.1. The van der Waals surface area contributed by atoms with E-state index in [0.29, 0.717) is 24.2 Å². The molecule has 4 aliphatic carbocycles. The van der Waals surface area contributed by atoms with Crippen molar-refractivity contribution in [1.82, 2.24) is 14.5 Å². The van der Waals surface area contributed by atoms with Crippen LogP contribution in [-0.2, 0) is 0 Å². The van der Waals surface area contributed by atoms with E-state index in [1.165, 1.54) is 97.4 Å². The fourth-order valence-electron chi connectivity index (χ4n) is 12.5. The topological polar surface area (TPSA) is 37.2 Å². The van der Waals surface area contributed by atoms with Crippen molar-refractivity contribution in [3.05, 3.63) is 103 Å². The summed E-state index contributed by atoms with van der Waals surface area (Å²) in [6.07, 6.45) is 13.9. The molecule has 2 aromatic heterocycles. The standard InChI is InChI=1S/C46H45N5/c1-2-7-32(8-3-1)42-27-45(48-46(47-42)33-9-6-10-34(25-33)49-36-17-28-15-29(19-36)20-37(49)18-28)51-43-12-5-4-11-40(43)41-26-35(13-14-44(41)51)50-38-21-30-16-31(23-38)24-39(50)22-30/h1-14,25-31,36-39H,15-24H2. The van der Waals surface area contributed by atoms with E-state index < -0.39 is 0 Å². The van der Waals surface area contributed by atoms with Crippen molar-refractivity contribution >= 4 is 33.2 Å². The smallest absolute Gasteiger partial charge is 0.162 e. The Morgan fingerprint density at radius 3 is 1.67 bits per heavy atom. The van der Waals surface area contributed by atoms with Gasteiger partial charge in [-0.05, 0) is 124 Å². The van der Waals surface area contributed by atoms with Crippen LogP contribution in [0.1, 0.15) is 64.2 Å². The monoisotopic (exact) mass is 667 g/mol. The van der Waals surface area contributed by atoms with Crippen molar-refractivity contribution in [2.24, 2.45) is 23.7 Å². The molecule has 51 heavy (non-hydrogen) atoms. The van der Waals surface area contributed by atoms with Gasteiger partial charge in [0.15, 0.2) is 5.82 Å². The number of para-hydroxylation sites is 1. The van der Waals surface area contributed by atoms with Gasteiger partial charge in [-0.2, -0.15) is 0 Å². The third kappa shape index (κ3) is 4.52. The quantitative estimate of drug-likeness (QED) is 0.183. The number of aromatic nitrogens is 3. The van der Waals surface area contributed by atoms with Crippen LogP contribution in [0, 0.1) is 23.7 Å². The van der Waals surface area contributed by atoms with Crippen LogP contribution in [0.5, 0.6) is 0 Å². The Bertz CT molecular complexity index is 2270. The summed E-state index contributed by atoms with van der Waals surface area (Å²) in [5, 5.41) is 2.60. The van der Waals surface area contributed by atoms with Gasteiger partial charge < -0.3 is 9.80 Å². The van der Waals surface area contributed by atoms with Gasteiger partial charge in [-0.15, -0.1) is 0 Å². The molecular weight excluding hydrogens is 623 g/mol. The maximum atomic E-state index is 5.44. The van der Waals surface area contributed by atoms with Crippen LogP contribution < -0.4 is 9.80 Å². The second kappa shape index (κ2) is 10.9. The van der Waals surface area contributed by atoms with E-state index in [9.17, 15) is 0 Å². The van der Waals surface area contributed by atoms with Gasteiger partial charge in [0.2, 0.25) is 0 Å². The number of piperidine rings is 4. The fourth-order valence-corrected chi connectivity index (χ4v) is 12.5. The number of benzene rings is 4. The third-order valence-electron chi connectivity index (χ3n) is 14.1. The van der Waals surface area contributed by atoms with Crippen LogP contribution in [0.3, 0.4) is 0 Å². The van der Waals surface area contributed by atoms with Crippen molar-refractivity contribution in [3.8, 4) is 28.5 Å². The Balaban J connectivity index is 1.00. The first-order valence-corrected chi connectivity index (χ1v) is 19.8. The summed E-state index contributed by atoms with van der Waals surface area (Å²) in [5.74, 6) is 5.49. The lowest BCUT2D eigenvalue weighted by Gasteiger charge is -2.57. The van der Waals surface area contributed by atoms with Gasteiger partial charge in [0, 0.05) is 63.5 Å². The molecule has 4 aromatic carbocycles. The number of hydrogen-bond donors (Lipinski definition) is 0. The summed E-state index contributed by atoms with van der Waals surface area (Å²) < 4.78 is 2.39. The minimum atomic E-state index is 0.682. The molecule has 6 aromatic rings. The Hall–Kier alpha value is -4.64. The Kier molecular flexibility index (Phi) is 6.21. The lowest BCUT2D eigenvalue weighted by atomic mass is 9.63. The van der Waals surface area contributed by atoms with Crippen molar-refractivity contribution in [1.29, 1.82) is 0 Å². The van der Waals surface area contributed by atoms with Crippen LogP contribution in [0.2, 0.25) is 0 Å². The van der Waals surface area contributed by atoms with E-state index in [1.54, 1.807) is 0 Å². The SMILES string of the molecule is c1ccc(-c2cc(-n3c4ccccc4c4cc(N5C6CC7CC(C6)CC5C7)ccc43)nc(-c3cccc(N4C5CC6CC(C5)CC4C6)c3)n2)cc1. The zero-order valence-electron chi connectivity index (χ0n) is 29.2. The maximum Gasteiger partial charge on any atom is 0.162 e. The fraction of sp³-hybridized carbons (Fsp3) is 0.391. The Morgan fingerprint density at radius 1 is 0.431 bits per heavy atom. The molecule has 5 heteroatoms. The average molecular weight is 668 g/mol. The summed E-state index contributed by atoms with van der Waals surface area (Å²) >= 11 is 0. The molecule has 0 amide bonds. The highest BCUT2D eigenvalue weighted by atomic mass is 15.2. The summed E-state index contributed by atoms with van der Waals surface area (Å²) in [6.45, 7) is 0. The van der Waals surface area contributed by atoms with Crippen LogP contribution in [0.25, 0.3) is 50.3 Å². The van der Waals surface area contributed by atoms with Gasteiger partial charge in [0.1, 0.15) is 5.82 Å². The average Bonchev–Trinajstić information content (AvgIpc) is 3.48. The molecule has 6 heterocycles. The van der Waals surface area contributed by atoms with Crippen LogP contribution >= 0.6 is 0 Å². The number of anilines is 2. The van der Waals surface area contributed by atoms with E-state index in [2.05, 4.69) is 117 Å². The summed E-state index contributed by atoms with van der Waals surface area (Å²) in [4.78, 5) is 16.3. The number of nitrogens with zero attached hydrogens (tertiary/aromatic N) is 5. The Labute approximate surface area is 300 Å². The summed E-state index contributed by atoms with van der Waals surface area (Å²) in [5.41, 5.74) is 8.33. The zero-order valence-corrected chi connectivity index (χ0v) is 29.2. The van der Waals surface area contributed by atoms with Gasteiger partial charge in [0.25, 0.3) is 0 Å². The molecule has 4 aliphatic heterocycles. The van der Waals surface area contributed by atoms with Crippen molar-refractivity contribution in [3.63, 3.8) is 0 Å². The largest absolute Gasteiger partial charge is 0.366 e. The lowest BCUT2D eigenvalue weighted by Crippen LogP contribution is -2.58. The van der Waals surface area contributed by atoms with Crippen molar-refractivity contribution < 1.29 is 0 Å². The molecule has 4 saturated carbocycles. The molecular formula is C46H45N5. The second-order valence-electron chi connectivity index (χ2n) is 17.2. The lowest BCUT2D eigenvalue weighted by molar-refractivity contribution is 0.0899. The molecule has 254 valence electrons. The number of rotatable bonds is 5. The molecule has 0 radical (unpaired) electrons. The molecule has 4 saturated heterocycles. The van der Waals surface area contributed by atoms with Crippen molar-refractivity contribution in [2.75, 3.05) is 9.80 Å². The molecule has 14 rings (SSSR count). The van der Waals surface area contributed by atoms with Gasteiger partial charge in [0.05, 0.1) is 16.7 Å². The number of hydrogen-bond acceptors (Lipinski definition) is 4. The molecule has 8 bridgehead atoms. The van der Waals surface area contributed by atoms with Crippen molar-refractivity contribution in [2.45, 2.75) is 88.4 Å². The highest BCUT2D eigenvalue weighted by Crippen LogP contribution is 2.52. The molecule has 0 unspecified atom stereocenters. The summed E-state index contributed by atoms with van der Waals surface area (Å²) in [6, 6.07) is 41.0. The first kappa shape index (κ1) is 29.0. The predicted octanol–water partition coefficient (Wildman–Crippen LogP) is 10.4. The van der Waals surface area contributed by atoms with Crippen LogP contribution in [0.4, 0.5) is 11.4 Å². The zero-order chi connectivity index (χ0) is 33.2. The molecule has 0 N–H and O–H groups in total. The number of fused-ring (bicyclic) bond motifs is 3. The molecule has 8 fully saturated rings. The molecule has 0 atom stereocenters. The van der Waals surface area contributed by atoms with Crippen LogP contribution in [-0.4, -0.2) is 38.7 Å².